The zero-order chi connectivity index (χ0) is 13.9. The van der Waals surface area contributed by atoms with Gasteiger partial charge < -0.3 is 9.84 Å². The second kappa shape index (κ2) is 5.33. The maximum atomic E-state index is 10.7. The van der Waals surface area contributed by atoms with Gasteiger partial charge in [-0.25, -0.2) is 4.98 Å². The summed E-state index contributed by atoms with van der Waals surface area (Å²) in [6.45, 7) is 0. The van der Waals surface area contributed by atoms with Crippen LogP contribution in [0.1, 0.15) is 23.2 Å². The molecule has 102 valence electrons. The molecule has 0 unspecified atom stereocenters. The van der Waals surface area contributed by atoms with Crippen molar-refractivity contribution in [2.45, 2.75) is 25.7 Å². The maximum Gasteiger partial charge on any atom is 0.307 e. The highest BCUT2D eigenvalue weighted by atomic mass is 16.5. The highest BCUT2D eigenvalue weighted by Crippen LogP contribution is 2.26. The van der Waals surface area contributed by atoms with Gasteiger partial charge in [-0.2, -0.15) is 0 Å². The van der Waals surface area contributed by atoms with E-state index in [1.165, 1.54) is 5.56 Å². The molecule has 0 aliphatic heterocycles. The van der Waals surface area contributed by atoms with Crippen molar-refractivity contribution in [1.29, 1.82) is 0 Å². The lowest BCUT2D eigenvalue weighted by atomic mass is 10.1. The Morgan fingerprint density at radius 3 is 3.00 bits per heavy atom. The molecule has 0 spiro atoms. The van der Waals surface area contributed by atoms with Crippen LogP contribution in [0.2, 0.25) is 0 Å². The second-order valence-electron chi connectivity index (χ2n) is 4.93. The molecule has 1 aromatic carbocycles. The summed E-state index contributed by atoms with van der Waals surface area (Å²) in [6.07, 6.45) is 3.25. The van der Waals surface area contributed by atoms with Crippen LogP contribution in [0.25, 0.3) is 0 Å². The molecule has 0 atom stereocenters. The van der Waals surface area contributed by atoms with Crippen LogP contribution in [0.15, 0.2) is 36.4 Å². The van der Waals surface area contributed by atoms with E-state index in [1.807, 2.05) is 6.07 Å². The normalized spacial score (nSPS) is 13.0. The number of carboxylic acids is 1. The lowest BCUT2D eigenvalue weighted by Gasteiger charge is -2.07. The molecule has 0 fully saturated rings. The van der Waals surface area contributed by atoms with E-state index in [0.717, 1.165) is 30.5 Å². The Morgan fingerprint density at radius 2 is 2.15 bits per heavy atom. The summed E-state index contributed by atoms with van der Waals surface area (Å²) in [5, 5.41) is 8.80. The van der Waals surface area contributed by atoms with E-state index >= 15 is 0 Å². The maximum absolute atomic E-state index is 10.7. The van der Waals surface area contributed by atoms with Crippen molar-refractivity contribution >= 4 is 5.97 Å². The van der Waals surface area contributed by atoms with E-state index in [4.69, 9.17) is 9.84 Å². The molecule has 2 aromatic rings. The van der Waals surface area contributed by atoms with Crippen LogP contribution < -0.4 is 4.74 Å². The van der Waals surface area contributed by atoms with Gasteiger partial charge in [-0.3, -0.25) is 4.79 Å². The number of hydrogen-bond donors (Lipinski definition) is 1. The number of aryl methyl sites for hydroxylation is 2. The Hall–Kier alpha value is -2.36. The molecule has 1 aromatic heterocycles. The topological polar surface area (TPSA) is 59.4 Å². The number of fused-ring (bicyclic) bond motifs is 1. The summed E-state index contributed by atoms with van der Waals surface area (Å²) in [5.74, 6) is 0.338. The fraction of sp³-hybridized carbons (Fsp3) is 0.250. The van der Waals surface area contributed by atoms with Crippen molar-refractivity contribution in [2.24, 2.45) is 0 Å². The van der Waals surface area contributed by atoms with Crippen LogP contribution >= 0.6 is 0 Å². The van der Waals surface area contributed by atoms with E-state index < -0.39 is 5.97 Å². The summed E-state index contributed by atoms with van der Waals surface area (Å²) in [7, 11) is 0. The lowest BCUT2D eigenvalue weighted by molar-refractivity contribution is -0.136. The molecule has 1 heterocycles. The number of hydrogen-bond acceptors (Lipinski definition) is 3. The van der Waals surface area contributed by atoms with Crippen molar-refractivity contribution in [3.63, 3.8) is 0 Å². The van der Waals surface area contributed by atoms with Gasteiger partial charge in [0.25, 0.3) is 0 Å². The molecule has 0 bridgehead atoms. The number of pyridine rings is 1. The number of nitrogens with zero attached hydrogens (tertiary/aromatic N) is 1. The molecule has 0 saturated carbocycles. The number of carbonyl (C=O) groups is 1. The van der Waals surface area contributed by atoms with E-state index in [0.29, 0.717) is 11.6 Å². The third-order valence-corrected chi connectivity index (χ3v) is 3.38. The summed E-state index contributed by atoms with van der Waals surface area (Å²) >= 11 is 0. The Morgan fingerprint density at radius 1 is 1.25 bits per heavy atom. The number of ether oxygens (including phenoxy) is 1. The number of aromatic nitrogens is 1. The van der Waals surface area contributed by atoms with Crippen LogP contribution in [0.3, 0.4) is 0 Å². The van der Waals surface area contributed by atoms with Gasteiger partial charge in [0.15, 0.2) is 0 Å². The average Bonchev–Trinajstić information content (AvgIpc) is 2.85. The monoisotopic (exact) mass is 269 g/mol. The third kappa shape index (κ3) is 2.79. The third-order valence-electron chi connectivity index (χ3n) is 3.38. The minimum Gasteiger partial charge on any atom is -0.481 e. The zero-order valence-electron chi connectivity index (χ0n) is 11.0. The minimum absolute atomic E-state index is 0.00514. The van der Waals surface area contributed by atoms with Crippen molar-refractivity contribution in [3.05, 3.63) is 53.2 Å². The Bertz CT molecular complexity index is 652. The zero-order valence-corrected chi connectivity index (χ0v) is 11.0. The second-order valence-corrected chi connectivity index (χ2v) is 4.93. The minimum atomic E-state index is -0.849. The standard InChI is InChI=1S/C16H15NO3/c18-16(19)10-11-3-1-5-13(9-11)20-15-8-7-12-4-2-6-14(12)17-15/h1,3,5,7-9H,2,4,6,10H2,(H,18,19). The first-order chi connectivity index (χ1) is 9.70. The largest absolute Gasteiger partial charge is 0.481 e. The predicted molar refractivity (Wildman–Crippen MR) is 74.1 cm³/mol. The molecule has 3 rings (SSSR count). The van der Waals surface area contributed by atoms with Crippen LogP contribution in [0, 0.1) is 0 Å². The predicted octanol–water partition coefficient (Wildman–Crippen LogP) is 2.99. The summed E-state index contributed by atoms with van der Waals surface area (Å²) in [5.41, 5.74) is 3.14. The van der Waals surface area contributed by atoms with Crippen LogP contribution in [-0.4, -0.2) is 16.1 Å². The molecule has 0 radical (unpaired) electrons. The van der Waals surface area contributed by atoms with Crippen LogP contribution in [0.5, 0.6) is 11.6 Å². The summed E-state index contributed by atoms with van der Waals surface area (Å²) < 4.78 is 5.72. The van der Waals surface area contributed by atoms with Crippen LogP contribution in [0.4, 0.5) is 0 Å². The summed E-state index contributed by atoms with van der Waals surface area (Å²) in [4.78, 5) is 15.2. The van der Waals surface area contributed by atoms with E-state index in [2.05, 4.69) is 11.1 Å². The van der Waals surface area contributed by atoms with Crippen molar-refractivity contribution < 1.29 is 14.6 Å². The Labute approximate surface area is 117 Å². The fourth-order valence-electron chi connectivity index (χ4n) is 2.47. The molecular weight excluding hydrogens is 254 g/mol. The first-order valence-corrected chi connectivity index (χ1v) is 6.68. The van der Waals surface area contributed by atoms with Crippen LogP contribution in [-0.2, 0) is 24.1 Å². The number of carboxylic acid groups (broad SMARTS) is 1. The SMILES string of the molecule is O=C(O)Cc1cccc(Oc2ccc3c(n2)CCC3)c1. The van der Waals surface area contributed by atoms with Crippen molar-refractivity contribution in [3.8, 4) is 11.6 Å². The van der Waals surface area contributed by atoms with Crippen molar-refractivity contribution in [2.75, 3.05) is 0 Å². The first-order valence-electron chi connectivity index (χ1n) is 6.68. The van der Waals surface area contributed by atoms with E-state index in [-0.39, 0.29) is 6.42 Å². The lowest BCUT2D eigenvalue weighted by Crippen LogP contribution is -2.00. The Kier molecular flexibility index (Phi) is 3.37. The molecule has 4 heteroatoms. The molecule has 0 amide bonds. The van der Waals surface area contributed by atoms with Gasteiger partial charge >= 0.3 is 5.97 Å². The molecule has 1 N–H and O–H groups in total. The molecule has 1 aliphatic rings. The average molecular weight is 269 g/mol. The highest BCUT2D eigenvalue weighted by molar-refractivity contribution is 5.70. The van der Waals surface area contributed by atoms with E-state index in [1.54, 1.807) is 24.3 Å². The van der Waals surface area contributed by atoms with E-state index in [9.17, 15) is 4.79 Å². The molecule has 20 heavy (non-hydrogen) atoms. The van der Waals surface area contributed by atoms with Gasteiger partial charge in [0.2, 0.25) is 5.88 Å². The molecule has 1 aliphatic carbocycles. The summed E-state index contributed by atoms with van der Waals surface area (Å²) in [6, 6.07) is 11.0. The number of aliphatic carboxylic acids is 1. The Balaban J connectivity index is 1.79. The smallest absolute Gasteiger partial charge is 0.307 e. The van der Waals surface area contributed by atoms with Gasteiger partial charge in [0.1, 0.15) is 5.75 Å². The number of rotatable bonds is 4. The number of benzene rings is 1. The quantitative estimate of drug-likeness (QED) is 0.927. The molecule has 0 saturated heterocycles. The van der Waals surface area contributed by atoms with Gasteiger partial charge in [-0.15, -0.1) is 0 Å². The molecule has 4 nitrogen and oxygen atoms in total. The van der Waals surface area contributed by atoms with Gasteiger partial charge in [-0.05, 0) is 42.5 Å². The fourth-order valence-corrected chi connectivity index (χ4v) is 2.47. The van der Waals surface area contributed by atoms with Crippen molar-refractivity contribution in [1.82, 2.24) is 4.98 Å². The van der Waals surface area contributed by atoms with Gasteiger partial charge in [0, 0.05) is 11.8 Å². The van der Waals surface area contributed by atoms with Gasteiger partial charge in [0.05, 0.1) is 6.42 Å². The highest BCUT2D eigenvalue weighted by Gasteiger charge is 2.13. The van der Waals surface area contributed by atoms with Gasteiger partial charge in [-0.1, -0.05) is 18.2 Å². The molecular formula is C16H15NO3. The first kappa shape index (κ1) is 12.7.